The predicted octanol–water partition coefficient (Wildman–Crippen LogP) is 3.35. The van der Waals surface area contributed by atoms with Crippen molar-refractivity contribution in [1.82, 2.24) is 20.0 Å². The van der Waals surface area contributed by atoms with Gasteiger partial charge in [0.05, 0.1) is 6.54 Å². The molecule has 1 amide bonds. The van der Waals surface area contributed by atoms with Crippen LogP contribution in [0.15, 0.2) is 47.7 Å². The molecule has 1 aromatic heterocycles. The fraction of sp³-hybridized carbons (Fsp3) is 0.522. The molecule has 8 nitrogen and oxygen atoms in total. The number of guanidine groups is 1. The maximum Gasteiger partial charge on any atom is 0.246 e. The zero-order valence-corrected chi connectivity index (χ0v) is 21.3. The van der Waals surface area contributed by atoms with Crippen molar-refractivity contribution in [2.75, 3.05) is 38.7 Å². The van der Waals surface area contributed by atoms with Gasteiger partial charge >= 0.3 is 0 Å². The number of hydrogen-bond donors (Lipinski definition) is 2. The molecule has 0 aliphatic carbocycles. The van der Waals surface area contributed by atoms with E-state index >= 15 is 0 Å². The van der Waals surface area contributed by atoms with Crippen molar-refractivity contribution in [3.8, 4) is 0 Å². The van der Waals surface area contributed by atoms with Crippen LogP contribution in [0.3, 0.4) is 0 Å². The lowest BCUT2D eigenvalue weighted by Gasteiger charge is -2.26. The van der Waals surface area contributed by atoms with Crippen molar-refractivity contribution in [2.45, 2.75) is 39.3 Å². The molecule has 0 radical (unpaired) electrons. The lowest BCUT2D eigenvalue weighted by atomic mass is 9.96. The summed E-state index contributed by atoms with van der Waals surface area (Å²) in [6, 6.07) is 9.62. The molecule has 3 rings (SSSR count). The average molecular weight is 554 g/mol. The number of carbonyl (C=O) groups excluding carboxylic acids is 1. The first kappa shape index (κ1) is 26.1. The Morgan fingerprint density at radius 3 is 2.84 bits per heavy atom. The van der Waals surface area contributed by atoms with Gasteiger partial charge in [0.15, 0.2) is 5.96 Å². The fourth-order valence-electron chi connectivity index (χ4n) is 3.64. The Morgan fingerprint density at radius 2 is 2.12 bits per heavy atom. The molecule has 1 aliphatic rings. The highest BCUT2D eigenvalue weighted by molar-refractivity contribution is 14.0. The number of rotatable bonds is 9. The van der Waals surface area contributed by atoms with Gasteiger partial charge in [-0.15, -0.1) is 24.0 Å². The summed E-state index contributed by atoms with van der Waals surface area (Å²) in [5.74, 6) is 1.54. The second kappa shape index (κ2) is 14.1. The van der Waals surface area contributed by atoms with Crippen LogP contribution in [0.25, 0.3) is 0 Å². The maximum atomic E-state index is 12.2. The average Bonchev–Trinajstić information content (AvgIpc) is 3.29. The van der Waals surface area contributed by atoms with Gasteiger partial charge < -0.3 is 20.3 Å². The van der Waals surface area contributed by atoms with Crippen molar-refractivity contribution in [3.05, 3.63) is 48.3 Å². The third-order valence-electron chi connectivity index (χ3n) is 5.40. The van der Waals surface area contributed by atoms with Crippen molar-refractivity contribution in [3.63, 3.8) is 0 Å². The van der Waals surface area contributed by atoms with E-state index in [4.69, 9.17) is 9.73 Å². The van der Waals surface area contributed by atoms with E-state index in [0.29, 0.717) is 6.54 Å². The number of halogens is 1. The molecule has 0 atom stereocenters. The molecular weight excluding hydrogens is 519 g/mol. The Bertz CT molecular complexity index is 837. The number of anilines is 1. The summed E-state index contributed by atoms with van der Waals surface area (Å²) in [7, 11) is 2.09. The first-order valence-corrected chi connectivity index (χ1v) is 11.1. The van der Waals surface area contributed by atoms with E-state index in [1.807, 2.05) is 24.3 Å². The van der Waals surface area contributed by atoms with Crippen molar-refractivity contribution < 1.29 is 9.53 Å². The molecule has 0 saturated carbocycles. The SMILES string of the molecule is CCNC(=NCc1cccc(NC(=O)Cn2cccn2)c1)N(C)CCC1CCOCC1.I. The second-order valence-electron chi connectivity index (χ2n) is 7.89. The summed E-state index contributed by atoms with van der Waals surface area (Å²) < 4.78 is 7.06. The van der Waals surface area contributed by atoms with Gasteiger partial charge in [0.1, 0.15) is 6.54 Å². The Kier molecular flexibility index (Phi) is 11.5. The molecule has 1 aliphatic heterocycles. The highest BCUT2D eigenvalue weighted by atomic mass is 127. The lowest BCUT2D eigenvalue weighted by Crippen LogP contribution is -2.40. The molecule has 2 heterocycles. The Morgan fingerprint density at radius 1 is 1.31 bits per heavy atom. The number of nitrogens with one attached hydrogen (secondary N) is 2. The molecule has 0 spiro atoms. The van der Waals surface area contributed by atoms with Gasteiger partial charge in [0.25, 0.3) is 0 Å². The first-order valence-electron chi connectivity index (χ1n) is 11.1. The van der Waals surface area contributed by atoms with Crippen LogP contribution in [-0.4, -0.2) is 59.9 Å². The molecule has 1 aromatic carbocycles. The Hall–Kier alpha value is -2.14. The van der Waals surface area contributed by atoms with E-state index in [0.717, 1.165) is 68.7 Å². The van der Waals surface area contributed by atoms with E-state index in [1.165, 1.54) is 0 Å². The number of aromatic nitrogens is 2. The molecule has 9 heteroatoms. The molecular formula is C23H35IN6O2. The quantitative estimate of drug-likeness (QED) is 0.282. The van der Waals surface area contributed by atoms with Gasteiger partial charge in [-0.1, -0.05) is 12.1 Å². The van der Waals surface area contributed by atoms with Crippen molar-refractivity contribution in [1.29, 1.82) is 0 Å². The normalized spacial score (nSPS) is 14.5. The summed E-state index contributed by atoms with van der Waals surface area (Å²) in [4.78, 5) is 19.2. The van der Waals surface area contributed by atoms with Gasteiger partial charge in [-0.2, -0.15) is 5.10 Å². The monoisotopic (exact) mass is 554 g/mol. The number of carbonyl (C=O) groups is 1. The highest BCUT2D eigenvalue weighted by Gasteiger charge is 2.15. The van der Waals surface area contributed by atoms with Crippen molar-refractivity contribution in [2.24, 2.45) is 10.9 Å². The van der Waals surface area contributed by atoms with E-state index < -0.39 is 0 Å². The first-order chi connectivity index (χ1) is 15.1. The van der Waals surface area contributed by atoms with Gasteiger partial charge in [0.2, 0.25) is 5.91 Å². The lowest BCUT2D eigenvalue weighted by molar-refractivity contribution is -0.116. The Balaban J connectivity index is 0.00000363. The third kappa shape index (κ3) is 8.78. The van der Waals surface area contributed by atoms with Crippen LogP contribution in [0.2, 0.25) is 0 Å². The van der Waals surface area contributed by atoms with Crippen LogP contribution in [0.1, 0.15) is 31.7 Å². The molecule has 0 unspecified atom stereocenters. The summed E-state index contributed by atoms with van der Waals surface area (Å²) >= 11 is 0. The summed E-state index contributed by atoms with van der Waals surface area (Å²) in [5, 5.41) is 10.4. The number of benzene rings is 1. The number of nitrogens with zero attached hydrogens (tertiary/aromatic N) is 4. The zero-order valence-electron chi connectivity index (χ0n) is 19.0. The molecule has 0 bridgehead atoms. The number of ether oxygens (including phenoxy) is 1. The van der Waals surface area contributed by atoms with Gasteiger partial charge in [-0.05, 0) is 55.9 Å². The minimum absolute atomic E-state index is 0. The van der Waals surface area contributed by atoms with E-state index in [1.54, 1.807) is 23.1 Å². The minimum atomic E-state index is -0.106. The molecule has 1 saturated heterocycles. The fourth-order valence-corrected chi connectivity index (χ4v) is 3.64. The molecule has 2 aromatic rings. The second-order valence-corrected chi connectivity index (χ2v) is 7.89. The molecule has 32 heavy (non-hydrogen) atoms. The molecule has 176 valence electrons. The summed E-state index contributed by atoms with van der Waals surface area (Å²) in [6.07, 6.45) is 6.89. The van der Waals surface area contributed by atoms with Crippen LogP contribution < -0.4 is 10.6 Å². The smallest absolute Gasteiger partial charge is 0.246 e. The third-order valence-corrected chi connectivity index (χ3v) is 5.40. The van der Waals surface area contributed by atoms with Crippen LogP contribution in [0.5, 0.6) is 0 Å². The van der Waals surface area contributed by atoms with E-state index in [-0.39, 0.29) is 36.4 Å². The number of amides is 1. The molecule has 2 N–H and O–H groups in total. The van der Waals surface area contributed by atoms with Crippen LogP contribution in [0, 0.1) is 5.92 Å². The van der Waals surface area contributed by atoms with Crippen LogP contribution in [0.4, 0.5) is 5.69 Å². The zero-order chi connectivity index (χ0) is 21.9. The predicted molar refractivity (Wildman–Crippen MR) is 138 cm³/mol. The number of hydrogen-bond acceptors (Lipinski definition) is 4. The molecule has 1 fully saturated rings. The van der Waals surface area contributed by atoms with Crippen LogP contribution >= 0.6 is 24.0 Å². The highest BCUT2D eigenvalue weighted by Crippen LogP contribution is 2.18. The Labute approximate surface area is 207 Å². The minimum Gasteiger partial charge on any atom is -0.381 e. The van der Waals surface area contributed by atoms with Crippen LogP contribution in [-0.2, 0) is 22.6 Å². The topological polar surface area (TPSA) is 83.8 Å². The van der Waals surface area contributed by atoms with Crippen molar-refractivity contribution >= 4 is 41.5 Å². The summed E-state index contributed by atoms with van der Waals surface area (Å²) in [5.41, 5.74) is 1.81. The van der Waals surface area contributed by atoms with Gasteiger partial charge in [0, 0.05) is 51.4 Å². The summed E-state index contributed by atoms with van der Waals surface area (Å²) in [6.45, 7) is 6.39. The van der Waals surface area contributed by atoms with E-state index in [9.17, 15) is 4.79 Å². The maximum absolute atomic E-state index is 12.2. The van der Waals surface area contributed by atoms with Gasteiger partial charge in [-0.3, -0.25) is 9.48 Å². The van der Waals surface area contributed by atoms with Gasteiger partial charge in [-0.25, -0.2) is 4.99 Å². The largest absolute Gasteiger partial charge is 0.381 e. The standard InChI is InChI=1S/C23H34N6O2.HI/c1-3-24-23(28(2)13-8-19-9-14-31-15-10-19)25-17-20-6-4-7-21(16-20)27-22(30)18-29-12-5-11-26-29;/h4-7,11-12,16,19H,3,8-10,13-15,17-18H2,1-2H3,(H,24,25)(H,27,30);1H. The van der Waals surface area contributed by atoms with E-state index in [2.05, 4.69) is 34.6 Å². The number of aliphatic imine (C=N–C) groups is 1.